The van der Waals surface area contributed by atoms with Crippen molar-refractivity contribution in [1.82, 2.24) is 9.88 Å². The molecule has 1 heterocycles. The van der Waals surface area contributed by atoms with E-state index in [4.69, 9.17) is 5.11 Å². The zero-order chi connectivity index (χ0) is 12.7. The highest BCUT2D eigenvalue weighted by atomic mass is 16.4. The van der Waals surface area contributed by atoms with Gasteiger partial charge in [0.1, 0.15) is 0 Å². The maximum Gasteiger partial charge on any atom is 0.306 e. The molecule has 0 aliphatic rings. The van der Waals surface area contributed by atoms with Gasteiger partial charge in [0.2, 0.25) is 0 Å². The van der Waals surface area contributed by atoms with Crippen molar-refractivity contribution in [3.8, 4) is 0 Å². The van der Waals surface area contributed by atoms with E-state index in [2.05, 4.69) is 4.98 Å². The minimum Gasteiger partial charge on any atom is -0.481 e. The van der Waals surface area contributed by atoms with E-state index < -0.39 is 12.1 Å². The van der Waals surface area contributed by atoms with E-state index in [9.17, 15) is 9.90 Å². The molecule has 1 aromatic heterocycles. The quantitative estimate of drug-likeness (QED) is 0.733. The molecule has 0 aliphatic carbocycles. The largest absolute Gasteiger partial charge is 0.481 e. The van der Waals surface area contributed by atoms with Crippen LogP contribution < -0.4 is 0 Å². The van der Waals surface area contributed by atoms with E-state index in [-0.39, 0.29) is 6.42 Å². The molecule has 17 heavy (non-hydrogen) atoms. The second-order valence-corrected chi connectivity index (χ2v) is 3.93. The topological polar surface area (TPSA) is 73.7 Å². The summed E-state index contributed by atoms with van der Waals surface area (Å²) in [6, 6.07) is 3.82. The van der Waals surface area contributed by atoms with Gasteiger partial charge >= 0.3 is 5.97 Å². The van der Waals surface area contributed by atoms with Gasteiger partial charge < -0.3 is 10.2 Å². The first kappa shape index (κ1) is 13.6. The minimum absolute atomic E-state index is 0.215. The number of aliphatic carboxylic acids is 1. The average molecular weight is 238 g/mol. The lowest BCUT2D eigenvalue weighted by molar-refractivity contribution is -0.139. The van der Waals surface area contributed by atoms with Crippen LogP contribution in [0.2, 0.25) is 0 Å². The second kappa shape index (κ2) is 6.98. The second-order valence-electron chi connectivity index (χ2n) is 3.93. The van der Waals surface area contributed by atoms with Gasteiger partial charge in [-0.05, 0) is 24.2 Å². The number of rotatable bonds is 7. The number of aliphatic hydroxyl groups is 1. The maximum atomic E-state index is 10.5. The molecule has 0 spiro atoms. The molecule has 5 heteroatoms. The Kier molecular flexibility index (Phi) is 5.59. The molecule has 0 aromatic carbocycles. The van der Waals surface area contributed by atoms with E-state index in [1.165, 1.54) is 0 Å². The van der Waals surface area contributed by atoms with Crippen LogP contribution in [0.3, 0.4) is 0 Å². The molecule has 0 saturated heterocycles. The molecule has 1 rings (SSSR count). The van der Waals surface area contributed by atoms with Gasteiger partial charge in [-0.15, -0.1) is 0 Å². The minimum atomic E-state index is -0.975. The predicted molar refractivity (Wildman–Crippen MR) is 63.4 cm³/mol. The van der Waals surface area contributed by atoms with E-state index in [0.717, 1.165) is 12.1 Å². The van der Waals surface area contributed by atoms with Crippen LogP contribution in [0.5, 0.6) is 0 Å². The maximum absolute atomic E-state index is 10.5. The van der Waals surface area contributed by atoms with Crippen molar-refractivity contribution in [1.29, 1.82) is 0 Å². The van der Waals surface area contributed by atoms with Crippen molar-refractivity contribution in [3.05, 3.63) is 30.1 Å². The number of hydrogen-bond donors (Lipinski definition) is 2. The van der Waals surface area contributed by atoms with Crippen molar-refractivity contribution >= 4 is 5.97 Å². The van der Waals surface area contributed by atoms with Crippen molar-refractivity contribution in [2.45, 2.75) is 26.0 Å². The van der Waals surface area contributed by atoms with Gasteiger partial charge in [0.25, 0.3) is 0 Å². The van der Waals surface area contributed by atoms with Crippen LogP contribution >= 0.6 is 0 Å². The highest BCUT2D eigenvalue weighted by Gasteiger charge is 2.13. The van der Waals surface area contributed by atoms with Gasteiger partial charge in [0, 0.05) is 25.5 Å². The fraction of sp³-hybridized carbons (Fsp3) is 0.500. The lowest BCUT2D eigenvalue weighted by Gasteiger charge is -2.22. The first-order valence-electron chi connectivity index (χ1n) is 5.63. The molecule has 0 amide bonds. The Morgan fingerprint density at radius 3 is 2.65 bits per heavy atom. The summed E-state index contributed by atoms with van der Waals surface area (Å²) in [6.45, 7) is 3.80. The molecule has 94 valence electrons. The van der Waals surface area contributed by atoms with Crippen LogP contribution in [0.4, 0.5) is 0 Å². The van der Waals surface area contributed by atoms with Crippen LogP contribution in [-0.2, 0) is 11.3 Å². The summed E-state index contributed by atoms with van der Waals surface area (Å²) in [5, 5.41) is 18.1. The number of pyridine rings is 1. The van der Waals surface area contributed by atoms with Crippen molar-refractivity contribution in [2.75, 3.05) is 13.1 Å². The molecule has 5 nitrogen and oxygen atoms in total. The van der Waals surface area contributed by atoms with Crippen molar-refractivity contribution in [3.63, 3.8) is 0 Å². The number of hydrogen-bond acceptors (Lipinski definition) is 4. The first-order valence-corrected chi connectivity index (χ1v) is 5.63. The van der Waals surface area contributed by atoms with Crippen LogP contribution in [0.15, 0.2) is 24.5 Å². The number of aromatic nitrogens is 1. The molecule has 2 N–H and O–H groups in total. The lowest BCUT2D eigenvalue weighted by atomic mass is 10.2. The highest BCUT2D eigenvalue weighted by Crippen LogP contribution is 2.05. The van der Waals surface area contributed by atoms with Gasteiger partial charge in [-0.2, -0.15) is 0 Å². The average Bonchev–Trinajstić information content (AvgIpc) is 2.28. The monoisotopic (exact) mass is 238 g/mol. The number of carboxylic acid groups (broad SMARTS) is 1. The van der Waals surface area contributed by atoms with Gasteiger partial charge in [0.15, 0.2) is 0 Å². The summed E-state index contributed by atoms with van der Waals surface area (Å²) in [5.74, 6) is -0.975. The van der Waals surface area contributed by atoms with Gasteiger partial charge in [0.05, 0.1) is 12.5 Å². The Morgan fingerprint density at radius 2 is 2.12 bits per heavy atom. The van der Waals surface area contributed by atoms with Gasteiger partial charge in [-0.3, -0.25) is 14.7 Å². The molecular weight excluding hydrogens is 220 g/mol. The Bertz CT molecular complexity index is 343. The Morgan fingerprint density at radius 1 is 1.47 bits per heavy atom. The molecular formula is C12H18N2O3. The molecule has 1 unspecified atom stereocenters. The summed E-state index contributed by atoms with van der Waals surface area (Å²) in [5.41, 5.74) is 1.10. The number of carbonyl (C=O) groups is 1. The smallest absolute Gasteiger partial charge is 0.306 e. The van der Waals surface area contributed by atoms with E-state index >= 15 is 0 Å². The third-order valence-electron chi connectivity index (χ3n) is 2.48. The van der Waals surface area contributed by atoms with Crippen LogP contribution in [0, 0.1) is 0 Å². The van der Waals surface area contributed by atoms with E-state index in [0.29, 0.717) is 13.1 Å². The van der Waals surface area contributed by atoms with Crippen molar-refractivity contribution in [2.24, 2.45) is 0 Å². The van der Waals surface area contributed by atoms with Crippen LogP contribution in [0.1, 0.15) is 18.9 Å². The molecule has 0 saturated carbocycles. The number of likely N-dealkylation sites (N-methyl/N-ethyl adjacent to an activating group) is 1. The Hall–Kier alpha value is -1.46. The van der Waals surface area contributed by atoms with Gasteiger partial charge in [-0.25, -0.2) is 0 Å². The lowest BCUT2D eigenvalue weighted by Crippen LogP contribution is -2.33. The Balaban J connectivity index is 2.46. The third-order valence-corrected chi connectivity index (χ3v) is 2.48. The van der Waals surface area contributed by atoms with E-state index in [1.54, 1.807) is 12.4 Å². The predicted octanol–water partition coefficient (Wildman–Crippen LogP) is 0.739. The molecule has 0 radical (unpaired) electrons. The highest BCUT2D eigenvalue weighted by molar-refractivity contribution is 5.67. The number of aliphatic hydroxyl groups excluding tert-OH is 1. The molecule has 1 aromatic rings. The fourth-order valence-corrected chi connectivity index (χ4v) is 1.62. The van der Waals surface area contributed by atoms with E-state index in [1.807, 2.05) is 24.0 Å². The first-order chi connectivity index (χ1) is 8.11. The van der Waals surface area contributed by atoms with Crippen LogP contribution in [-0.4, -0.2) is 45.3 Å². The normalized spacial score (nSPS) is 12.6. The summed E-state index contributed by atoms with van der Waals surface area (Å²) < 4.78 is 0. The zero-order valence-corrected chi connectivity index (χ0v) is 9.91. The fourth-order valence-electron chi connectivity index (χ4n) is 1.62. The van der Waals surface area contributed by atoms with Crippen LogP contribution in [0.25, 0.3) is 0 Å². The summed E-state index contributed by atoms with van der Waals surface area (Å²) in [6.07, 6.45) is 2.40. The SMILES string of the molecule is CCN(Cc1ccncc1)CC(O)CC(=O)O. The molecule has 1 atom stereocenters. The van der Waals surface area contributed by atoms with Gasteiger partial charge in [-0.1, -0.05) is 6.92 Å². The van der Waals surface area contributed by atoms with Crippen molar-refractivity contribution < 1.29 is 15.0 Å². The third kappa shape index (κ3) is 5.42. The number of carboxylic acids is 1. The zero-order valence-electron chi connectivity index (χ0n) is 9.91. The summed E-state index contributed by atoms with van der Waals surface area (Å²) >= 11 is 0. The molecule has 0 bridgehead atoms. The Labute approximate surface area is 101 Å². The summed E-state index contributed by atoms with van der Waals surface area (Å²) in [4.78, 5) is 16.4. The summed E-state index contributed by atoms with van der Waals surface area (Å²) in [7, 11) is 0. The molecule has 0 fully saturated rings. The molecule has 0 aliphatic heterocycles. The number of nitrogens with zero attached hydrogens (tertiary/aromatic N) is 2. The standard InChI is InChI=1S/C12H18N2O3/c1-2-14(9-11(15)7-12(16)17)8-10-3-5-13-6-4-10/h3-6,11,15H,2,7-9H2,1H3,(H,16,17).